The van der Waals surface area contributed by atoms with E-state index in [-0.39, 0.29) is 10.8 Å². The van der Waals surface area contributed by atoms with Crippen LogP contribution in [0.1, 0.15) is 52.7 Å². The van der Waals surface area contributed by atoms with Crippen LogP contribution in [-0.4, -0.2) is 0 Å². The van der Waals surface area contributed by atoms with Gasteiger partial charge in [0.1, 0.15) is 0 Å². The largest absolute Gasteiger partial charge is 0.597 e. The molecule has 0 aromatic heterocycles. The smallest absolute Gasteiger partial charge is 0.250 e. The quantitative estimate of drug-likeness (QED) is 0.672. The van der Waals surface area contributed by atoms with Gasteiger partial charge in [0, 0.05) is 0 Å². The van der Waals surface area contributed by atoms with Crippen LogP contribution in [0.3, 0.4) is 0 Å². The third-order valence-electron chi connectivity index (χ3n) is 3.85. The third-order valence-corrected chi connectivity index (χ3v) is 4.95. The van der Waals surface area contributed by atoms with Gasteiger partial charge in [-0.25, -0.2) is 0 Å². The Morgan fingerprint density at radius 2 is 1.09 bits per heavy atom. The fourth-order valence-electron chi connectivity index (χ4n) is 2.25. The second kappa shape index (κ2) is 6.45. The third kappa shape index (κ3) is 4.65. The van der Waals surface area contributed by atoms with Crippen molar-refractivity contribution in [2.75, 3.05) is 0 Å². The highest BCUT2D eigenvalue weighted by Gasteiger charge is 2.25. The van der Waals surface area contributed by atoms with E-state index < -0.39 is 8.03 Å². The highest BCUT2D eigenvalue weighted by Crippen LogP contribution is 2.30. The van der Waals surface area contributed by atoms with Gasteiger partial charge in [-0.05, 0) is 50.8 Å². The summed E-state index contributed by atoms with van der Waals surface area (Å²) >= 11 is 0. The van der Waals surface area contributed by atoms with E-state index in [9.17, 15) is 4.57 Å². The van der Waals surface area contributed by atoms with Crippen molar-refractivity contribution in [2.45, 2.75) is 52.4 Å². The summed E-state index contributed by atoms with van der Waals surface area (Å²) in [5, 5.41) is 0.716. The second-order valence-electron chi connectivity index (χ2n) is 7.92. The van der Waals surface area contributed by atoms with Gasteiger partial charge in [-0.2, -0.15) is 0 Å². The Labute approximate surface area is 140 Å². The monoisotopic (exact) mass is 329 g/mol. The molecule has 0 heterocycles. The summed E-state index contributed by atoms with van der Waals surface area (Å²) in [6, 6.07) is 15.7. The molecule has 0 aliphatic carbocycles. The molecule has 23 heavy (non-hydrogen) atoms. The Balaban J connectivity index is 2.10. The summed E-state index contributed by atoms with van der Waals surface area (Å²) < 4.78 is 18.0. The molecule has 2 aromatic rings. The van der Waals surface area contributed by atoms with Gasteiger partial charge >= 0.3 is 8.03 Å². The zero-order valence-electron chi connectivity index (χ0n) is 14.9. The first-order valence-corrected chi connectivity index (χ1v) is 9.11. The summed E-state index contributed by atoms with van der Waals surface area (Å²) in [6.07, 6.45) is 0. The first-order chi connectivity index (χ1) is 10.6. The highest BCUT2D eigenvalue weighted by atomic mass is 31.1. The van der Waals surface area contributed by atoms with E-state index in [4.69, 9.17) is 4.52 Å². The maximum Gasteiger partial charge on any atom is 0.597 e. The van der Waals surface area contributed by atoms with Gasteiger partial charge in [-0.3, -0.25) is 4.52 Å². The molecule has 3 heteroatoms. The predicted octanol–water partition coefficient (Wildman–Crippen LogP) is 5.73. The Morgan fingerprint density at radius 1 is 0.696 bits per heavy atom. The molecule has 2 nitrogen and oxygen atoms in total. The van der Waals surface area contributed by atoms with Crippen LogP contribution in [0, 0.1) is 0 Å². The lowest BCUT2D eigenvalue weighted by atomic mass is 9.87. The fraction of sp³-hybridized carbons (Fsp3) is 0.400. The molecule has 0 spiro atoms. The zero-order valence-corrected chi connectivity index (χ0v) is 15.8. The molecule has 0 fully saturated rings. The van der Waals surface area contributed by atoms with Crippen LogP contribution < -0.4 is 9.83 Å². The Morgan fingerprint density at radius 3 is 1.48 bits per heavy atom. The van der Waals surface area contributed by atoms with Crippen molar-refractivity contribution in [1.82, 2.24) is 0 Å². The molecule has 0 saturated heterocycles. The topological polar surface area (TPSA) is 26.3 Å². The van der Waals surface area contributed by atoms with Gasteiger partial charge in [-0.15, -0.1) is 0 Å². The van der Waals surface area contributed by atoms with E-state index in [0.29, 0.717) is 11.1 Å². The van der Waals surface area contributed by atoms with Crippen LogP contribution in [0.15, 0.2) is 48.5 Å². The first kappa shape index (κ1) is 17.7. The van der Waals surface area contributed by atoms with Crippen molar-refractivity contribution in [2.24, 2.45) is 0 Å². The molecule has 0 aliphatic heterocycles. The van der Waals surface area contributed by atoms with Gasteiger partial charge in [-0.1, -0.05) is 65.8 Å². The van der Waals surface area contributed by atoms with Crippen molar-refractivity contribution in [3.8, 4) is 5.75 Å². The zero-order chi connectivity index (χ0) is 17.3. The molecule has 1 unspecified atom stereocenters. The lowest BCUT2D eigenvalue weighted by Gasteiger charge is -2.18. The van der Waals surface area contributed by atoms with E-state index in [1.165, 1.54) is 11.1 Å². The van der Waals surface area contributed by atoms with Crippen molar-refractivity contribution >= 4 is 13.3 Å². The van der Waals surface area contributed by atoms with E-state index in [2.05, 4.69) is 41.5 Å². The van der Waals surface area contributed by atoms with Crippen LogP contribution in [0.5, 0.6) is 5.75 Å². The highest BCUT2D eigenvalue weighted by molar-refractivity contribution is 7.48. The normalized spacial score (nSPS) is 12.9. The SMILES string of the molecule is CC(C)(C)c1ccc(O[P+](=O)c2ccc(C(C)(C)C)cc2)cc1. The molecule has 0 saturated carbocycles. The summed E-state index contributed by atoms with van der Waals surface area (Å²) in [5.74, 6) is 0.638. The Kier molecular flexibility index (Phi) is 4.96. The summed E-state index contributed by atoms with van der Waals surface area (Å²) in [5.41, 5.74) is 2.64. The molecule has 0 aliphatic rings. The van der Waals surface area contributed by atoms with Gasteiger partial charge in [0.15, 0.2) is 5.75 Å². The molecule has 122 valence electrons. The summed E-state index contributed by atoms with van der Waals surface area (Å²) in [6.45, 7) is 13.0. The van der Waals surface area contributed by atoms with Gasteiger partial charge in [0.2, 0.25) is 5.30 Å². The fourth-order valence-corrected chi connectivity index (χ4v) is 3.06. The van der Waals surface area contributed by atoms with Crippen molar-refractivity contribution in [3.05, 3.63) is 59.7 Å². The van der Waals surface area contributed by atoms with E-state index in [1.54, 1.807) is 0 Å². The minimum absolute atomic E-state index is 0.0911. The molecule has 0 radical (unpaired) electrons. The van der Waals surface area contributed by atoms with Gasteiger partial charge in [0.05, 0.1) is 0 Å². The minimum Gasteiger partial charge on any atom is -0.250 e. The van der Waals surface area contributed by atoms with Crippen LogP contribution >= 0.6 is 8.03 Å². The summed E-state index contributed by atoms with van der Waals surface area (Å²) in [4.78, 5) is 0. The lowest BCUT2D eigenvalue weighted by molar-refractivity contribution is 0.513. The molecular weight excluding hydrogens is 303 g/mol. The van der Waals surface area contributed by atoms with Crippen LogP contribution in [0.2, 0.25) is 0 Å². The van der Waals surface area contributed by atoms with Crippen molar-refractivity contribution in [1.29, 1.82) is 0 Å². The van der Waals surface area contributed by atoms with Gasteiger partial charge in [0.25, 0.3) is 0 Å². The number of hydrogen-bond acceptors (Lipinski definition) is 2. The first-order valence-electron chi connectivity index (χ1n) is 7.94. The Hall–Kier alpha value is -1.66. The van der Waals surface area contributed by atoms with Crippen molar-refractivity contribution in [3.63, 3.8) is 0 Å². The van der Waals surface area contributed by atoms with E-state index in [0.717, 1.165) is 0 Å². The summed E-state index contributed by atoms with van der Waals surface area (Å²) in [7, 11) is -1.89. The molecule has 1 atom stereocenters. The number of benzene rings is 2. The average Bonchev–Trinajstić information content (AvgIpc) is 2.46. The van der Waals surface area contributed by atoms with Crippen LogP contribution in [0.25, 0.3) is 0 Å². The molecule has 0 bridgehead atoms. The molecule has 0 amide bonds. The van der Waals surface area contributed by atoms with Crippen LogP contribution in [-0.2, 0) is 15.4 Å². The number of hydrogen-bond donors (Lipinski definition) is 0. The number of rotatable bonds is 3. The second-order valence-corrected chi connectivity index (χ2v) is 9.13. The van der Waals surface area contributed by atoms with E-state index >= 15 is 0 Å². The Bertz CT molecular complexity index is 672. The van der Waals surface area contributed by atoms with Crippen LogP contribution in [0.4, 0.5) is 0 Å². The maximum absolute atomic E-state index is 12.4. The minimum atomic E-state index is -1.89. The van der Waals surface area contributed by atoms with Crippen molar-refractivity contribution < 1.29 is 9.09 Å². The maximum atomic E-state index is 12.4. The standard InChI is InChI=1S/C20H26O2P/c1-19(2,3)15-7-11-17(12-8-15)22-23(21)18-13-9-16(10-14-18)20(4,5)6/h7-14H,1-6H3/q+1. The molecule has 2 aromatic carbocycles. The van der Waals surface area contributed by atoms with E-state index in [1.807, 2.05) is 48.5 Å². The van der Waals surface area contributed by atoms with Gasteiger partial charge < -0.3 is 0 Å². The molecular formula is C20H26O2P+. The lowest BCUT2D eigenvalue weighted by Crippen LogP contribution is -2.12. The molecule has 0 N–H and O–H groups in total. The predicted molar refractivity (Wildman–Crippen MR) is 98.2 cm³/mol. The molecule has 2 rings (SSSR count). The average molecular weight is 329 g/mol.